The summed E-state index contributed by atoms with van der Waals surface area (Å²) < 4.78 is 0. The number of nitrogens with one attached hydrogen (secondary N) is 1. The highest BCUT2D eigenvalue weighted by Gasteiger charge is 2.49. The standard InChI is InChI=1S/C18H24ClN3O2/c1-3-21-6-8-22(9-7-21)18(24)15-11-14(15)17(23)20-16-5-4-13(19)10-12(16)2/h4-5,10,14-15H,3,6-9,11H2,1-2H3,(H,20,23). The van der Waals surface area contributed by atoms with Crippen LogP contribution in [0.4, 0.5) is 5.69 Å². The van der Waals surface area contributed by atoms with E-state index in [2.05, 4.69) is 17.1 Å². The number of hydrogen-bond acceptors (Lipinski definition) is 3. The van der Waals surface area contributed by atoms with Crippen molar-refractivity contribution in [2.24, 2.45) is 11.8 Å². The molecular weight excluding hydrogens is 326 g/mol. The Balaban J connectivity index is 1.53. The Morgan fingerprint density at radius 3 is 2.54 bits per heavy atom. The summed E-state index contributed by atoms with van der Waals surface area (Å²) in [4.78, 5) is 29.2. The van der Waals surface area contributed by atoms with Crippen LogP contribution in [0.1, 0.15) is 18.9 Å². The predicted octanol–water partition coefficient (Wildman–Crippen LogP) is 2.39. The van der Waals surface area contributed by atoms with Crippen LogP contribution in [0.2, 0.25) is 5.02 Å². The van der Waals surface area contributed by atoms with Crippen LogP contribution in [0.5, 0.6) is 0 Å². The van der Waals surface area contributed by atoms with Gasteiger partial charge in [0.2, 0.25) is 11.8 Å². The molecule has 1 heterocycles. The largest absolute Gasteiger partial charge is 0.340 e. The Bertz CT molecular complexity index is 641. The van der Waals surface area contributed by atoms with Crippen LogP contribution in [-0.2, 0) is 9.59 Å². The molecule has 2 atom stereocenters. The first-order chi connectivity index (χ1) is 11.5. The zero-order valence-electron chi connectivity index (χ0n) is 14.2. The first kappa shape index (κ1) is 17.2. The molecule has 130 valence electrons. The van der Waals surface area contributed by atoms with Gasteiger partial charge < -0.3 is 15.1 Å². The molecule has 1 saturated heterocycles. The van der Waals surface area contributed by atoms with Crippen LogP contribution in [0, 0.1) is 18.8 Å². The van der Waals surface area contributed by atoms with E-state index in [4.69, 9.17) is 11.6 Å². The van der Waals surface area contributed by atoms with Gasteiger partial charge in [-0.2, -0.15) is 0 Å². The number of rotatable bonds is 4. The molecule has 2 fully saturated rings. The van der Waals surface area contributed by atoms with Crippen molar-refractivity contribution >= 4 is 29.1 Å². The van der Waals surface area contributed by atoms with E-state index < -0.39 is 0 Å². The summed E-state index contributed by atoms with van der Waals surface area (Å²) in [7, 11) is 0. The molecule has 24 heavy (non-hydrogen) atoms. The van der Waals surface area contributed by atoms with Gasteiger partial charge in [0.1, 0.15) is 0 Å². The van der Waals surface area contributed by atoms with Gasteiger partial charge in [-0.05, 0) is 43.7 Å². The number of aryl methyl sites for hydroxylation is 1. The molecule has 2 amide bonds. The monoisotopic (exact) mass is 349 g/mol. The summed E-state index contributed by atoms with van der Waals surface area (Å²) in [6, 6.07) is 5.38. The smallest absolute Gasteiger partial charge is 0.228 e. The third-order valence-electron chi connectivity index (χ3n) is 5.02. The maximum atomic E-state index is 12.5. The van der Waals surface area contributed by atoms with Crippen molar-refractivity contribution < 1.29 is 9.59 Å². The molecule has 1 N–H and O–H groups in total. The molecule has 1 aromatic carbocycles. The van der Waals surface area contributed by atoms with Gasteiger partial charge in [-0.1, -0.05) is 18.5 Å². The SMILES string of the molecule is CCN1CCN(C(=O)C2CC2C(=O)Nc2ccc(Cl)cc2C)CC1. The molecule has 0 aromatic heterocycles. The second-order valence-corrected chi connectivity index (χ2v) is 7.09. The lowest BCUT2D eigenvalue weighted by atomic mass is 10.2. The van der Waals surface area contributed by atoms with Gasteiger partial charge in [0.15, 0.2) is 0 Å². The van der Waals surface area contributed by atoms with Gasteiger partial charge in [-0.15, -0.1) is 0 Å². The minimum Gasteiger partial charge on any atom is -0.340 e. The van der Waals surface area contributed by atoms with Gasteiger partial charge >= 0.3 is 0 Å². The van der Waals surface area contributed by atoms with E-state index in [0.717, 1.165) is 44.0 Å². The zero-order chi connectivity index (χ0) is 17.3. The quantitative estimate of drug-likeness (QED) is 0.908. The lowest BCUT2D eigenvalue weighted by Crippen LogP contribution is -2.49. The summed E-state index contributed by atoms with van der Waals surface area (Å²) in [6.07, 6.45) is 0.658. The predicted molar refractivity (Wildman–Crippen MR) is 95.1 cm³/mol. The summed E-state index contributed by atoms with van der Waals surface area (Å²) in [5, 5.41) is 3.58. The Kier molecular flexibility index (Phi) is 5.11. The van der Waals surface area contributed by atoms with Crippen molar-refractivity contribution in [2.45, 2.75) is 20.3 Å². The molecule has 1 aromatic rings. The number of amides is 2. The Morgan fingerprint density at radius 1 is 1.21 bits per heavy atom. The van der Waals surface area contributed by atoms with E-state index in [1.165, 1.54) is 0 Å². The van der Waals surface area contributed by atoms with Crippen LogP contribution >= 0.6 is 11.6 Å². The molecule has 6 heteroatoms. The third-order valence-corrected chi connectivity index (χ3v) is 5.26. The minimum absolute atomic E-state index is 0.0639. The molecule has 0 spiro atoms. The topological polar surface area (TPSA) is 52.7 Å². The minimum atomic E-state index is -0.197. The number of carbonyl (C=O) groups excluding carboxylic acids is 2. The van der Waals surface area contributed by atoms with Gasteiger partial charge in [0.25, 0.3) is 0 Å². The first-order valence-corrected chi connectivity index (χ1v) is 8.95. The summed E-state index contributed by atoms with van der Waals surface area (Å²) >= 11 is 5.93. The fourth-order valence-corrected chi connectivity index (χ4v) is 3.50. The normalized spacial score (nSPS) is 23.9. The number of nitrogens with zero attached hydrogens (tertiary/aromatic N) is 2. The molecule has 5 nitrogen and oxygen atoms in total. The van der Waals surface area contributed by atoms with Gasteiger partial charge in [0.05, 0.1) is 11.8 Å². The van der Waals surface area contributed by atoms with Crippen LogP contribution < -0.4 is 5.32 Å². The van der Waals surface area contributed by atoms with Crippen molar-refractivity contribution in [3.63, 3.8) is 0 Å². The van der Waals surface area contributed by atoms with E-state index in [1.54, 1.807) is 12.1 Å². The molecule has 2 unspecified atom stereocenters. The Hall–Kier alpha value is -1.59. The summed E-state index contributed by atoms with van der Waals surface area (Å²) in [5.74, 6) is -0.271. The van der Waals surface area contributed by atoms with Crippen LogP contribution in [-0.4, -0.2) is 54.3 Å². The fourth-order valence-electron chi connectivity index (χ4n) is 3.27. The van der Waals surface area contributed by atoms with Crippen molar-refractivity contribution in [1.29, 1.82) is 0 Å². The van der Waals surface area contributed by atoms with E-state index in [1.807, 2.05) is 17.9 Å². The van der Waals surface area contributed by atoms with Gasteiger partial charge in [0, 0.05) is 36.9 Å². The lowest BCUT2D eigenvalue weighted by molar-refractivity contribution is -0.135. The maximum absolute atomic E-state index is 12.5. The van der Waals surface area contributed by atoms with Crippen molar-refractivity contribution in [2.75, 3.05) is 38.0 Å². The number of halogens is 1. The maximum Gasteiger partial charge on any atom is 0.228 e. The molecule has 2 aliphatic rings. The lowest BCUT2D eigenvalue weighted by Gasteiger charge is -2.34. The van der Waals surface area contributed by atoms with Crippen molar-refractivity contribution in [1.82, 2.24) is 9.80 Å². The van der Waals surface area contributed by atoms with Gasteiger partial charge in [-0.25, -0.2) is 0 Å². The van der Waals surface area contributed by atoms with Crippen LogP contribution in [0.3, 0.4) is 0 Å². The van der Waals surface area contributed by atoms with Crippen molar-refractivity contribution in [3.8, 4) is 0 Å². The summed E-state index contributed by atoms with van der Waals surface area (Å²) in [6.45, 7) is 8.46. The second kappa shape index (κ2) is 7.11. The molecule has 0 bridgehead atoms. The molecule has 0 radical (unpaired) electrons. The number of piperazine rings is 1. The van der Waals surface area contributed by atoms with E-state index in [-0.39, 0.29) is 23.7 Å². The van der Waals surface area contributed by atoms with Crippen molar-refractivity contribution in [3.05, 3.63) is 28.8 Å². The highest BCUT2D eigenvalue weighted by molar-refractivity contribution is 6.30. The fraction of sp³-hybridized carbons (Fsp3) is 0.556. The van der Waals surface area contributed by atoms with Gasteiger partial charge in [-0.3, -0.25) is 9.59 Å². The summed E-state index contributed by atoms with van der Waals surface area (Å²) in [5.41, 5.74) is 1.69. The second-order valence-electron chi connectivity index (χ2n) is 6.66. The molecule has 1 aliphatic carbocycles. The Morgan fingerprint density at radius 2 is 1.92 bits per heavy atom. The highest BCUT2D eigenvalue weighted by atomic mass is 35.5. The number of anilines is 1. The van der Waals surface area contributed by atoms with E-state index >= 15 is 0 Å². The number of likely N-dealkylation sites (N-methyl/N-ethyl adjacent to an activating group) is 1. The molecule has 3 rings (SSSR count). The third kappa shape index (κ3) is 3.73. The zero-order valence-corrected chi connectivity index (χ0v) is 15.0. The average molecular weight is 350 g/mol. The first-order valence-electron chi connectivity index (χ1n) is 8.57. The average Bonchev–Trinajstić information content (AvgIpc) is 3.37. The van der Waals surface area contributed by atoms with E-state index in [9.17, 15) is 9.59 Å². The highest BCUT2D eigenvalue weighted by Crippen LogP contribution is 2.41. The Labute approximate surface area is 147 Å². The molecule has 1 saturated carbocycles. The molecule has 1 aliphatic heterocycles. The van der Waals surface area contributed by atoms with E-state index in [0.29, 0.717) is 11.4 Å². The number of benzene rings is 1. The number of hydrogen-bond donors (Lipinski definition) is 1. The molecular formula is C18H24ClN3O2. The number of carbonyl (C=O) groups is 2. The van der Waals surface area contributed by atoms with Crippen LogP contribution in [0.15, 0.2) is 18.2 Å². The van der Waals surface area contributed by atoms with Crippen LogP contribution in [0.25, 0.3) is 0 Å².